The number of carbonyl (C=O) groups excluding carboxylic acids is 1. The van der Waals surface area contributed by atoms with E-state index in [9.17, 15) is 4.79 Å². The van der Waals surface area contributed by atoms with Gasteiger partial charge in [-0.2, -0.15) is 0 Å². The van der Waals surface area contributed by atoms with E-state index in [0.717, 1.165) is 55.9 Å². The second-order valence-corrected chi connectivity index (χ2v) is 8.72. The minimum atomic E-state index is 0.0816. The Morgan fingerprint density at radius 1 is 0.871 bits per heavy atom. The molecule has 5 nitrogen and oxygen atoms in total. The fourth-order valence-electron chi connectivity index (χ4n) is 4.69. The molecule has 3 N–H and O–H groups in total. The number of imidazole rings is 1. The number of rotatable bonds is 7. The van der Waals surface area contributed by atoms with Crippen molar-refractivity contribution < 1.29 is 4.79 Å². The lowest BCUT2D eigenvalue weighted by molar-refractivity contribution is -0.120. The third-order valence-corrected chi connectivity index (χ3v) is 6.58. The smallest absolute Gasteiger partial charge is 0.150 e. The first-order valence-electron chi connectivity index (χ1n) is 11.5. The highest BCUT2D eigenvalue weighted by molar-refractivity contribution is 5.84. The molecule has 2 aliphatic rings. The Hall–Kier alpha value is -2.76. The lowest BCUT2D eigenvalue weighted by atomic mass is 9.99. The van der Waals surface area contributed by atoms with Crippen LogP contribution < -0.4 is 10.6 Å². The van der Waals surface area contributed by atoms with Crippen LogP contribution in [-0.4, -0.2) is 34.9 Å². The molecule has 31 heavy (non-hydrogen) atoms. The highest BCUT2D eigenvalue weighted by Gasteiger charge is 2.21. The third kappa shape index (κ3) is 4.63. The lowest BCUT2D eigenvalue weighted by Gasteiger charge is -2.09. The molecule has 0 bridgehead atoms. The summed E-state index contributed by atoms with van der Waals surface area (Å²) in [6.45, 7) is 2.05. The van der Waals surface area contributed by atoms with E-state index in [2.05, 4.69) is 69.1 Å². The van der Waals surface area contributed by atoms with Crippen molar-refractivity contribution in [3.05, 3.63) is 66.1 Å². The fraction of sp³-hybridized carbons (Fsp3) is 0.385. The Morgan fingerprint density at radius 3 is 2.23 bits per heavy atom. The molecular weight excluding hydrogens is 384 g/mol. The first kappa shape index (κ1) is 20.2. The number of H-pyrrole nitrogens is 1. The molecule has 0 amide bonds. The molecule has 0 unspecified atom stereocenters. The Bertz CT molecular complexity index is 1010. The van der Waals surface area contributed by atoms with Crippen LogP contribution in [-0.2, 0) is 11.2 Å². The topological polar surface area (TPSA) is 69.8 Å². The van der Waals surface area contributed by atoms with Crippen molar-refractivity contribution in [2.75, 3.05) is 13.1 Å². The Labute approximate surface area is 183 Å². The second kappa shape index (κ2) is 9.16. The van der Waals surface area contributed by atoms with Gasteiger partial charge in [0.25, 0.3) is 0 Å². The summed E-state index contributed by atoms with van der Waals surface area (Å²) in [6, 6.07) is 17.7. The van der Waals surface area contributed by atoms with Crippen LogP contribution in [0, 0.1) is 0 Å². The lowest BCUT2D eigenvalue weighted by Crippen LogP contribution is -2.30. The SMILES string of the molecule is O=C(CCc1ccc(-c2ccc(-c3cnc([C@@H]4CCCN4)[nH]3)cc2)cc1)[C@@H]1CCCN1. The molecule has 2 aromatic carbocycles. The number of aromatic amines is 1. The minimum Gasteiger partial charge on any atom is -0.341 e. The number of aryl methyl sites for hydroxylation is 1. The van der Waals surface area contributed by atoms with E-state index in [1.807, 2.05) is 6.20 Å². The second-order valence-electron chi connectivity index (χ2n) is 8.72. The summed E-state index contributed by atoms with van der Waals surface area (Å²) in [5.41, 5.74) is 5.82. The molecule has 0 saturated carbocycles. The van der Waals surface area contributed by atoms with Gasteiger partial charge in [-0.3, -0.25) is 4.79 Å². The molecule has 2 atom stereocenters. The van der Waals surface area contributed by atoms with E-state index < -0.39 is 0 Å². The molecule has 2 fully saturated rings. The zero-order valence-corrected chi connectivity index (χ0v) is 17.9. The van der Waals surface area contributed by atoms with Gasteiger partial charge in [-0.05, 0) is 67.4 Å². The number of carbonyl (C=O) groups is 1. The maximum absolute atomic E-state index is 12.3. The van der Waals surface area contributed by atoms with E-state index in [1.54, 1.807) is 0 Å². The van der Waals surface area contributed by atoms with Crippen LogP contribution in [0.25, 0.3) is 22.4 Å². The predicted molar refractivity (Wildman–Crippen MR) is 124 cm³/mol. The van der Waals surface area contributed by atoms with Gasteiger partial charge in [0.2, 0.25) is 0 Å². The summed E-state index contributed by atoms with van der Waals surface area (Å²) in [4.78, 5) is 20.3. The van der Waals surface area contributed by atoms with E-state index in [-0.39, 0.29) is 6.04 Å². The molecular formula is C26H30N4O. The van der Waals surface area contributed by atoms with Crippen molar-refractivity contribution in [2.24, 2.45) is 0 Å². The number of nitrogens with zero attached hydrogens (tertiary/aromatic N) is 1. The molecule has 0 spiro atoms. The van der Waals surface area contributed by atoms with Crippen molar-refractivity contribution in [3.63, 3.8) is 0 Å². The maximum atomic E-state index is 12.3. The van der Waals surface area contributed by atoms with Gasteiger partial charge < -0.3 is 15.6 Å². The molecule has 2 saturated heterocycles. The van der Waals surface area contributed by atoms with E-state index in [0.29, 0.717) is 18.2 Å². The van der Waals surface area contributed by atoms with Crippen molar-refractivity contribution in [2.45, 2.75) is 50.6 Å². The fourth-order valence-corrected chi connectivity index (χ4v) is 4.69. The molecule has 0 radical (unpaired) electrons. The van der Waals surface area contributed by atoms with Gasteiger partial charge in [-0.25, -0.2) is 4.98 Å². The largest absolute Gasteiger partial charge is 0.341 e. The van der Waals surface area contributed by atoms with E-state index in [4.69, 9.17) is 0 Å². The van der Waals surface area contributed by atoms with Gasteiger partial charge in [-0.1, -0.05) is 48.5 Å². The van der Waals surface area contributed by atoms with Crippen LogP contribution in [0.4, 0.5) is 0 Å². The molecule has 160 valence electrons. The summed E-state index contributed by atoms with van der Waals surface area (Å²) in [5, 5.41) is 6.78. The van der Waals surface area contributed by atoms with Gasteiger partial charge in [0, 0.05) is 6.42 Å². The van der Waals surface area contributed by atoms with Crippen LogP contribution in [0.3, 0.4) is 0 Å². The summed E-state index contributed by atoms with van der Waals surface area (Å²) in [5.74, 6) is 1.39. The summed E-state index contributed by atoms with van der Waals surface area (Å²) in [6.07, 6.45) is 7.83. The number of hydrogen-bond donors (Lipinski definition) is 3. The zero-order valence-electron chi connectivity index (χ0n) is 17.9. The number of Topliss-reactive ketones (excluding diaryl/α,β-unsaturated/α-hetero) is 1. The van der Waals surface area contributed by atoms with E-state index in [1.165, 1.54) is 23.1 Å². The van der Waals surface area contributed by atoms with Crippen molar-refractivity contribution in [3.8, 4) is 22.4 Å². The number of aromatic nitrogens is 2. The van der Waals surface area contributed by atoms with Crippen molar-refractivity contribution in [1.29, 1.82) is 0 Å². The van der Waals surface area contributed by atoms with Gasteiger partial charge in [0.1, 0.15) is 11.6 Å². The van der Waals surface area contributed by atoms with Crippen LogP contribution in [0.2, 0.25) is 0 Å². The molecule has 5 heteroatoms. The minimum absolute atomic E-state index is 0.0816. The summed E-state index contributed by atoms with van der Waals surface area (Å²) < 4.78 is 0. The number of benzene rings is 2. The Balaban J connectivity index is 1.21. The maximum Gasteiger partial charge on any atom is 0.150 e. The standard InChI is InChI=1S/C26H30N4O/c31-25(22-3-1-15-27-22)14-7-18-5-8-19(9-6-18)20-10-12-21(13-11-20)24-17-29-26(30-24)23-4-2-16-28-23/h5-6,8-13,17,22-23,27-28H,1-4,7,14-16H2,(H,29,30)/t22-,23-/m0/s1. The molecule has 2 aliphatic heterocycles. The van der Waals surface area contributed by atoms with Gasteiger partial charge in [0.15, 0.2) is 0 Å². The Morgan fingerprint density at radius 2 is 1.55 bits per heavy atom. The quantitative estimate of drug-likeness (QED) is 0.535. The monoisotopic (exact) mass is 414 g/mol. The normalized spacial score (nSPS) is 20.9. The average Bonchev–Trinajstić information content (AvgIpc) is 3.59. The Kier molecular flexibility index (Phi) is 5.96. The highest BCUT2D eigenvalue weighted by atomic mass is 16.1. The summed E-state index contributed by atoms with van der Waals surface area (Å²) >= 11 is 0. The van der Waals surface area contributed by atoms with Crippen LogP contribution in [0.1, 0.15) is 49.5 Å². The van der Waals surface area contributed by atoms with Gasteiger partial charge in [-0.15, -0.1) is 0 Å². The first-order chi connectivity index (χ1) is 15.3. The number of nitrogens with one attached hydrogen (secondary N) is 3. The average molecular weight is 415 g/mol. The number of hydrogen-bond acceptors (Lipinski definition) is 4. The predicted octanol–water partition coefficient (Wildman–Crippen LogP) is 4.42. The first-order valence-corrected chi connectivity index (χ1v) is 11.5. The molecule has 3 heterocycles. The van der Waals surface area contributed by atoms with Crippen molar-refractivity contribution in [1.82, 2.24) is 20.6 Å². The highest BCUT2D eigenvalue weighted by Crippen LogP contribution is 2.27. The molecule has 3 aromatic rings. The third-order valence-electron chi connectivity index (χ3n) is 6.58. The number of ketones is 1. The van der Waals surface area contributed by atoms with Crippen LogP contribution in [0.5, 0.6) is 0 Å². The van der Waals surface area contributed by atoms with Crippen LogP contribution >= 0.6 is 0 Å². The molecule has 5 rings (SSSR count). The van der Waals surface area contributed by atoms with Gasteiger partial charge >= 0.3 is 0 Å². The zero-order chi connectivity index (χ0) is 21.0. The van der Waals surface area contributed by atoms with Crippen LogP contribution in [0.15, 0.2) is 54.7 Å². The van der Waals surface area contributed by atoms with Crippen molar-refractivity contribution >= 4 is 5.78 Å². The van der Waals surface area contributed by atoms with Gasteiger partial charge in [0.05, 0.1) is 24.0 Å². The molecule has 1 aromatic heterocycles. The molecule has 0 aliphatic carbocycles. The van der Waals surface area contributed by atoms with E-state index >= 15 is 0 Å². The summed E-state index contributed by atoms with van der Waals surface area (Å²) in [7, 11) is 0.